The van der Waals surface area contributed by atoms with E-state index in [1.807, 2.05) is 25.1 Å². The molecule has 0 spiro atoms. The van der Waals surface area contributed by atoms with Gasteiger partial charge in [0.15, 0.2) is 0 Å². The van der Waals surface area contributed by atoms with Gasteiger partial charge in [0.05, 0.1) is 4.47 Å². The molecule has 0 heterocycles. The van der Waals surface area contributed by atoms with E-state index in [1.54, 1.807) is 12.1 Å². The third-order valence-electron chi connectivity index (χ3n) is 2.98. The van der Waals surface area contributed by atoms with E-state index in [1.165, 1.54) is 6.07 Å². The molecule has 1 atom stereocenters. The fraction of sp³-hybridized carbons (Fsp3) is 0.250. The van der Waals surface area contributed by atoms with Crippen LogP contribution in [0.25, 0.3) is 0 Å². The number of nitrogens with two attached hydrogens (primary N) is 1. The Balaban J connectivity index is 2.18. The Hall–Kier alpha value is -1.10. The number of benzene rings is 2. The monoisotopic (exact) mass is 371 g/mol. The van der Waals surface area contributed by atoms with Crippen molar-refractivity contribution in [3.63, 3.8) is 0 Å². The molecule has 0 saturated carbocycles. The molecule has 0 saturated heterocycles. The molecule has 21 heavy (non-hydrogen) atoms. The van der Waals surface area contributed by atoms with Gasteiger partial charge in [-0.3, -0.25) is 0 Å². The van der Waals surface area contributed by atoms with Gasteiger partial charge in [-0.05, 0) is 59.1 Å². The number of ether oxygens (including phenoxy) is 1. The van der Waals surface area contributed by atoms with Gasteiger partial charge in [0.1, 0.15) is 18.2 Å². The highest BCUT2D eigenvalue weighted by molar-refractivity contribution is 9.10. The fourth-order valence-electron chi connectivity index (χ4n) is 2.01. The van der Waals surface area contributed by atoms with Crippen molar-refractivity contribution in [2.45, 2.75) is 26.0 Å². The Morgan fingerprint density at radius 1 is 1.29 bits per heavy atom. The third-order valence-corrected chi connectivity index (χ3v) is 4.10. The molecule has 0 amide bonds. The van der Waals surface area contributed by atoms with Crippen LogP contribution in [-0.4, -0.2) is 6.04 Å². The normalized spacial score (nSPS) is 12.2. The molecule has 0 aromatic heterocycles. The lowest BCUT2D eigenvalue weighted by molar-refractivity contribution is 0.301. The number of halogens is 3. The molecule has 2 N–H and O–H groups in total. The zero-order chi connectivity index (χ0) is 15.4. The third kappa shape index (κ3) is 4.43. The standard InChI is InChI=1S/C16H16BrClFNO/c1-10(20)7-12-8-13(18)5-6-15(12)21-9-11-3-2-4-14(19)16(11)17/h2-6,8,10H,7,9,20H2,1H3. The Bertz CT molecular complexity index is 634. The van der Waals surface area contributed by atoms with Crippen molar-refractivity contribution in [1.29, 1.82) is 0 Å². The van der Waals surface area contributed by atoms with E-state index in [4.69, 9.17) is 22.1 Å². The van der Waals surface area contributed by atoms with Gasteiger partial charge in [0.2, 0.25) is 0 Å². The first kappa shape index (κ1) is 16.3. The van der Waals surface area contributed by atoms with Crippen molar-refractivity contribution in [2.75, 3.05) is 0 Å². The Morgan fingerprint density at radius 3 is 2.76 bits per heavy atom. The van der Waals surface area contributed by atoms with Crippen LogP contribution in [0.4, 0.5) is 4.39 Å². The molecule has 0 aliphatic heterocycles. The van der Waals surface area contributed by atoms with Crippen LogP contribution in [0.1, 0.15) is 18.1 Å². The minimum Gasteiger partial charge on any atom is -0.489 e. The molecule has 1 unspecified atom stereocenters. The Morgan fingerprint density at radius 2 is 2.05 bits per heavy atom. The summed E-state index contributed by atoms with van der Waals surface area (Å²) in [5, 5.41) is 0.643. The maximum atomic E-state index is 13.5. The van der Waals surface area contributed by atoms with Crippen LogP contribution in [0.5, 0.6) is 5.75 Å². The van der Waals surface area contributed by atoms with Gasteiger partial charge in [-0.25, -0.2) is 4.39 Å². The summed E-state index contributed by atoms with van der Waals surface area (Å²) in [5.41, 5.74) is 7.53. The van der Waals surface area contributed by atoms with Crippen molar-refractivity contribution < 1.29 is 9.13 Å². The van der Waals surface area contributed by atoms with Crippen LogP contribution in [0, 0.1) is 5.82 Å². The first-order chi connectivity index (χ1) is 9.97. The highest BCUT2D eigenvalue weighted by Gasteiger charge is 2.10. The lowest BCUT2D eigenvalue weighted by atomic mass is 10.1. The average molecular weight is 373 g/mol. The van der Waals surface area contributed by atoms with E-state index in [-0.39, 0.29) is 18.5 Å². The van der Waals surface area contributed by atoms with Crippen LogP contribution < -0.4 is 10.5 Å². The molecule has 2 nitrogen and oxygen atoms in total. The summed E-state index contributed by atoms with van der Waals surface area (Å²) in [4.78, 5) is 0. The van der Waals surface area contributed by atoms with E-state index < -0.39 is 0 Å². The lowest BCUT2D eigenvalue weighted by Gasteiger charge is -2.14. The van der Waals surface area contributed by atoms with E-state index in [9.17, 15) is 4.39 Å². The van der Waals surface area contributed by atoms with Gasteiger partial charge in [-0.1, -0.05) is 23.7 Å². The minimum absolute atomic E-state index is 0.00622. The van der Waals surface area contributed by atoms with Gasteiger partial charge < -0.3 is 10.5 Å². The molecular formula is C16H16BrClFNO. The van der Waals surface area contributed by atoms with Crippen molar-refractivity contribution in [2.24, 2.45) is 5.73 Å². The van der Waals surface area contributed by atoms with Crippen LogP contribution in [-0.2, 0) is 13.0 Å². The van der Waals surface area contributed by atoms with E-state index in [2.05, 4.69) is 15.9 Å². The summed E-state index contributed by atoms with van der Waals surface area (Å²) in [7, 11) is 0. The van der Waals surface area contributed by atoms with Gasteiger partial charge in [0.25, 0.3) is 0 Å². The van der Waals surface area contributed by atoms with Gasteiger partial charge in [-0.2, -0.15) is 0 Å². The Kier molecular flexibility index (Phi) is 5.62. The lowest BCUT2D eigenvalue weighted by Crippen LogP contribution is -2.18. The van der Waals surface area contributed by atoms with Crippen molar-refractivity contribution >= 4 is 27.5 Å². The molecular weight excluding hydrogens is 357 g/mol. The quantitative estimate of drug-likeness (QED) is 0.825. The second kappa shape index (κ2) is 7.25. The maximum absolute atomic E-state index is 13.5. The summed E-state index contributed by atoms with van der Waals surface area (Å²) < 4.78 is 19.7. The summed E-state index contributed by atoms with van der Waals surface area (Å²) in [6.45, 7) is 2.19. The predicted molar refractivity (Wildman–Crippen MR) is 87.2 cm³/mol. The predicted octanol–water partition coefficient (Wildman–Crippen LogP) is 4.71. The molecule has 0 aliphatic rings. The molecule has 0 radical (unpaired) electrons. The number of hydrogen-bond acceptors (Lipinski definition) is 2. The highest BCUT2D eigenvalue weighted by atomic mass is 79.9. The van der Waals surface area contributed by atoms with Crippen molar-refractivity contribution in [3.8, 4) is 5.75 Å². The Labute approximate surface area is 137 Å². The maximum Gasteiger partial charge on any atom is 0.137 e. The molecule has 2 aromatic carbocycles. The van der Waals surface area contributed by atoms with E-state index >= 15 is 0 Å². The molecule has 5 heteroatoms. The van der Waals surface area contributed by atoms with Gasteiger partial charge in [0, 0.05) is 16.6 Å². The van der Waals surface area contributed by atoms with Crippen LogP contribution >= 0.6 is 27.5 Å². The summed E-state index contributed by atoms with van der Waals surface area (Å²) >= 11 is 9.24. The first-order valence-corrected chi connectivity index (χ1v) is 7.74. The molecule has 0 bridgehead atoms. The second-order valence-corrected chi connectivity index (χ2v) is 6.16. The largest absolute Gasteiger partial charge is 0.489 e. The first-order valence-electron chi connectivity index (χ1n) is 6.57. The molecule has 0 fully saturated rings. The summed E-state index contributed by atoms with van der Waals surface area (Å²) in [6.07, 6.45) is 0.667. The highest BCUT2D eigenvalue weighted by Crippen LogP contribution is 2.27. The summed E-state index contributed by atoms with van der Waals surface area (Å²) in [6, 6.07) is 10.3. The van der Waals surface area contributed by atoms with Gasteiger partial charge in [-0.15, -0.1) is 0 Å². The SMILES string of the molecule is CC(N)Cc1cc(Cl)ccc1OCc1cccc(F)c1Br. The smallest absolute Gasteiger partial charge is 0.137 e. The van der Waals surface area contributed by atoms with E-state index in [0.29, 0.717) is 21.7 Å². The van der Waals surface area contributed by atoms with Crippen molar-refractivity contribution in [1.82, 2.24) is 0 Å². The second-order valence-electron chi connectivity index (χ2n) is 4.94. The minimum atomic E-state index is -0.303. The van der Waals surface area contributed by atoms with E-state index in [0.717, 1.165) is 11.1 Å². The molecule has 2 aromatic rings. The van der Waals surface area contributed by atoms with Gasteiger partial charge >= 0.3 is 0 Å². The molecule has 112 valence electrons. The number of hydrogen-bond donors (Lipinski definition) is 1. The molecule has 2 rings (SSSR count). The summed E-state index contributed by atoms with van der Waals surface area (Å²) in [5.74, 6) is 0.413. The van der Waals surface area contributed by atoms with Crippen LogP contribution in [0.3, 0.4) is 0 Å². The fourth-order valence-corrected chi connectivity index (χ4v) is 2.58. The zero-order valence-corrected chi connectivity index (χ0v) is 13.9. The van der Waals surface area contributed by atoms with Crippen LogP contribution in [0.2, 0.25) is 5.02 Å². The van der Waals surface area contributed by atoms with Crippen molar-refractivity contribution in [3.05, 3.63) is 62.8 Å². The average Bonchev–Trinajstić information content (AvgIpc) is 2.41. The van der Waals surface area contributed by atoms with Crippen LogP contribution in [0.15, 0.2) is 40.9 Å². The molecule has 0 aliphatic carbocycles. The number of rotatable bonds is 5. The zero-order valence-electron chi connectivity index (χ0n) is 11.6. The topological polar surface area (TPSA) is 35.2 Å².